The molecule has 0 N–H and O–H groups in total. The lowest BCUT2D eigenvalue weighted by Crippen LogP contribution is -2.02. The van der Waals surface area contributed by atoms with Crippen molar-refractivity contribution < 1.29 is 0 Å². The lowest BCUT2D eigenvalue weighted by atomic mass is 9.99. The van der Waals surface area contributed by atoms with Crippen LogP contribution in [-0.2, 0) is 0 Å². The van der Waals surface area contributed by atoms with E-state index >= 15 is 0 Å². The zero-order valence-corrected chi connectivity index (χ0v) is 71.2. The van der Waals surface area contributed by atoms with Crippen LogP contribution in [0.4, 0.5) is 0 Å². The highest BCUT2D eigenvalue weighted by atomic mass is 15.1. The average Bonchev–Trinajstić information content (AvgIpc) is 1.54. The fraction of sp³-hybridized carbons (Fsp3) is 0. The molecule has 0 bridgehead atoms. The Morgan fingerprint density at radius 1 is 0.144 bits per heavy atom. The van der Waals surface area contributed by atoms with Gasteiger partial charge in [-0.05, 0) is 167 Å². The summed E-state index contributed by atoms with van der Waals surface area (Å²) in [5.41, 5.74) is 19.5. The van der Waals surface area contributed by atoms with Gasteiger partial charge in [-0.25, -0.2) is 29.9 Å². The largest absolute Gasteiger partial charge is 0.309 e. The van der Waals surface area contributed by atoms with E-state index in [4.69, 9.17) is 29.9 Å². The van der Waals surface area contributed by atoms with E-state index in [-0.39, 0.29) is 0 Å². The van der Waals surface area contributed by atoms with E-state index in [1.807, 2.05) is 36.4 Å². The third-order valence-corrected chi connectivity index (χ3v) is 27.0. The van der Waals surface area contributed by atoms with Gasteiger partial charge in [0, 0.05) is 98.3 Å². The number of aromatic nitrogens is 10. The van der Waals surface area contributed by atoms with Gasteiger partial charge >= 0.3 is 0 Å². The lowest BCUT2D eigenvalue weighted by Gasteiger charge is -2.16. The zero-order valence-electron chi connectivity index (χ0n) is 71.2. The van der Waals surface area contributed by atoms with Crippen LogP contribution in [0.2, 0.25) is 0 Å². The SMILES string of the molecule is c1ccc(-c2nc(-c3ccc4c(ccc5ccccc54)c3)nc(-c3cccc4c(-n5c6ccccc6c6c(-n7c8ccccc8c8ccccc87)c7ccccc7cc65)cccc34)n2)cc1.c1ccc(-c2nc(-c3ccc4ccc5ccccc5c4c3)nc(-c3ccc(-n4c5ccccc5c5cc6cc(-n7c8ccccc8c8ccccc87)ccc6cc54)c4ccccc34)n2)cc1. The number of rotatable bonds is 10. The Bertz CT molecular complexity index is 9590. The van der Waals surface area contributed by atoms with Crippen molar-refractivity contribution in [3.8, 4) is 91.1 Å². The van der Waals surface area contributed by atoms with Crippen molar-refractivity contribution in [1.29, 1.82) is 0 Å². The summed E-state index contributed by atoms with van der Waals surface area (Å²) in [4.78, 5) is 31.3. The fourth-order valence-corrected chi connectivity index (χ4v) is 21.1. The van der Waals surface area contributed by atoms with Gasteiger partial charge in [-0.1, -0.05) is 352 Å². The van der Waals surface area contributed by atoms with Gasteiger partial charge in [0.15, 0.2) is 34.9 Å². The second-order valence-electron chi connectivity index (χ2n) is 34.3. The molecule has 0 radical (unpaired) electrons. The van der Waals surface area contributed by atoms with Crippen molar-refractivity contribution in [3.05, 3.63) is 449 Å². The van der Waals surface area contributed by atoms with Crippen molar-refractivity contribution in [2.75, 3.05) is 0 Å². The van der Waals surface area contributed by atoms with Gasteiger partial charge in [-0.3, -0.25) is 0 Å². The molecule has 0 aliphatic carbocycles. The first-order valence-corrected chi connectivity index (χ1v) is 44.9. The maximum absolute atomic E-state index is 5.30. The third kappa shape index (κ3) is 11.8. The van der Waals surface area contributed by atoms with Gasteiger partial charge in [-0.2, -0.15) is 0 Å². The minimum atomic E-state index is 0.627. The molecule has 28 rings (SSSR count). The fourth-order valence-electron chi connectivity index (χ4n) is 21.1. The van der Waals surface area contributed by atoms with Crippen LogP contribution >= 0.6 is 0 Å². The van der Waals surface area contributed by atoms with Crippen LogP contribution in [-0.4, -0.2) is 48.2 Å². The summed E-state index contributed by atoms with van der Waals surface area (Å²) in [6.45, 7) is 0. The predicted molar refractivity (Wildman–Crippen MR) is 550 cm³/mol. The number of hydrogen-bond donors (Lipinski definition) is 0. The topological polar surface area (TPSA) is 97.1 Å². The molecule has 22 aromatic carbocycles. The maximum atomic E-state index is 5.30. The minimum Gasteiger partial charge on any atom is -0.309 e. The van der Waals surface area contributed by atoms with Gasteiger partial charge in [-0.15, -0.1) is 0 Å². The number of para-hydroxylation sites is 6. The van der Waals surface area contributed by atoms with Crippen molar-refractivity contribution in [1.82, 2.24) is 48.2 Å². The second-order valence-corrected chi connectivity index (χ2v) is 34.3. The first kappa shape index (κ1) is 74.4. The van der Waals surface area contributed by atoms with Gasteiger partial charge < -0.3 is 18.3 Å². The van der Waals surface area contributed by atoms with Crippen LogP contribution < -0.4 is 0 Å². The van der Waals surface area contributed by atoms with Gasteiger partial charge in [0.25, 0.3) is 0 Å². The van der Waals surface area contributed by atoms with E-state index in [1.54, 1.807) is 0 Å². The molecule has 132 heavy (non-hydrogen) atoms. The number of hydrogen-bond acceptors (Lipinski definition) is 6. The van der Waals surface area contributed by atoms with Crippen LogP contribution in [0, 0.1) is 0 Å². The Balaban J connectivity index is 0.000000135. The minimum absolute atomic E-state index is 0.627. The molecule has 10 heteroatoms. The average molecular weight is 1680 g/mol. The van der Waals surface area contributed by atoms with Gasteiger partial charge in [0.1, 0.15) is 0 Å². The summed E-state index contributed by atoms with van der Waals surface area (Å²) in [5.74, 6) is 3.80. The lowest BCUT2D eigenvalue weighted by molar-refractivity contribution is 1.08. The molecule has 0 saturated carbocycles. The Labute approximate surface area is 756 Å². The van der Waals surface area contributed by atoms with Crippen LogP contribution in [0.15, 0.2) is 449 Å². The van der Waals surface area contributed by atoms with E-state index in [0.29, 0.717) is 34.9 Å². The Hall–Kier alpha value is -17.9. The van der Waals surface area contributed by atoms with E-state index in [0.717, 1.165) is 99.4 Å². The summed E-state index contributed by atoms with van der Waals surface area (Å²) in [5, 5.41) is 28.5. The van der Waals surface area contributed by atoms with Gasteiger partial charge in [0.2, 0.25) is 0 Å². The molecular formula is C122H74N10. The molecular weight excluding hydrogens is 1610 g/mol. The summed E-state index contributed by atoms with van der Waals surface area (Å²) < 4.78 is 9.79. The summed E-state index contributed by atoms with van der Waals surface area (Å²) in [6, 6.07) is 161. The molecule has 0 fully saturated rings. The predicted octanol–water partition coefficient (Wildman–Crippen LogP) is 31.4. The molecule has 0 unspecified atom stereocenters. The molecule has 0 saturated heterocycles. The van der Waals surface area contributed by atoms with Gasteiger partial charge in [0.05, 0.1) is 61.2 Å². The van der Waals surface area contributed by atoms with E-state index in [2.05, 4.69) is 431 Å². The summed E-state index contributed by atoms with van der Waals surface area (Å²) in [7, 11) is 0. The Morgan fingerprint density at radius 2 is 0.508 bits per heavy atom. The highest BCUT2D eigenvalue weighted by molar-refractivity contribution is 6.24. The molecule has 0 aliphatic heterocycles. The molecule has 0 amide bonds. The summed E-state index contributed by atoms with van der Waals surface area (Å²) in [6.07, 6.45) is 0. The first-order chi connectivity index (χ1) is 65.5. The van der Waals surface area contributed by atoms with Crippen LogP contribution in [0.3, 0.4) is 0 Å². The highest BCUT2D eigenvalue weighted by Crippen LogP contribution is 2.48. The number of fused-ring (bicyclic) bond motifs is 22. The molecule has 0 aliphatic rings. The Kier molecular flexibility index (Phi) is 16.9. The second kappa shape index (κ2) is 29.9. The van der Waals surface area contributed by atoms with E-state index < -0.39 is 0 Å². The normalized spacial score (nSPS) is 11.9. The van der Waals surface area contributed by atoms with Crippen LogP contribution in [0.25, 0.3) is 264 Å². The smallest absolute Gasteiger partial charge is 0.164 e. The number of benzene rings is 22. The first-order valence-electron chi connectivity index (χ1n) is 44.9. The maximum Gasteiger partial charge on any atom is 0.164 e. The molecule has 6 heterocycles. The monoisotopic (exact) mass is 1680 g/mol. The van der Waals surface area contributed by atoms with E-state index in [9.17, 15) is 0 Å². The highest BCUT2D eigenvalue weighted by Gasteiger charge is 2.27. The van der Waals surface area contributed by atoms with Crippen molar-refractivity contribution in [2.45, 2.75) is 0 Å². The molecule has 0 atom stereocenters. The van der Waals surface area contributed by atoms with Crippen LogP contribution in [0.1, 0.15) is 0 Å². The summed E-state index contributed by atoms with van der Waals surface area (Å²) >= 11 is 0. The van der Waals surface area contributed by atoms with Crippen LogP contribution in [0.5, 0.6) is 0 Å². The molecule has 0 spiro atoms. The van der Waals surface area contributed by atoms with Crippen molar-refractivity contribution in [3.63, 3.8) is 0 Å². The third-order valence-electron chi connectivity index (χ3n) is 27.0. The molecule has 612 valence electrons. The quantitative estimate of drug-likeness (QED) is 0.127. The van der Waals surface area contributed by atoms with E-state index in [1.165, 1.54) is 130 Å². The molecule has 10 nitrogen and oxygen atoms in total. The molecule has 28 aromatic rings. The standard InChI is InChI=1S/2C61H37N5/c1-2-17-39(18-3-1)59-62-60(42-34-35-44-41(36-42)33-32-38-16-4-6-20-43(38)44)64-61(63-59)50-27-14-26-47-46(50)25-15-31-52(47)65-55-30-13-10-24-51(55)57-56(65)37-40-19-5-7-21-45(40)58(57)66-53-28-11-8-22-48(53)49-23-9-12-29-54(49)66;1-2-15-40(16-3-1)59-62-60(42-29-28-39-27-26-38-14-4-5-17-45(38)52(39)35-42)64-61(63-59)51-32-33-57(47-19-7-6-18-46(47)51)66-56-25-13-10-22-50(56)53-36-43-34-44(31-30-41(43)37-58(53)66)65-54-23-11-8-20-48(54)49-21-9-12-24-55(49)65/h2*1-37H. The Morgan fingerprint density at radius 3 is 1.11 bits per heavy atom. The molecule has 6 aromatic heterocycles. The van der Waals surface area contributed by atoms with Crippen molar-refractivity contribution in [2.24, 2.45) is 0 Å². The number of nitrogens with zero attached hydrogens (tertiary/aromatic N) is 10. The van der Waals surface area contributed by atoms with Crippen molar-refractivity contribution >= 4 is 173 Å². The zero-order chi connectivity index (χ0) is 86.6.